The first kappa shape index (κ1) is 10.3. The molecule has 0 spiro atoms. The average Bonchev–Trinajstić information content (AvgIpc) is 2.66. The lowest BCUT2D eigenvalue weighted by Gasteiger charge is -2.26. The van der Waals surface area contributed by atoms with Gasteiger partial charge in [0, 0.05) is 12.3 Å². The van der Waals surface area contributed by atoms with Crippen LogP contribution in [0.2, 0.25) is 0 Å². The minimum Gasteiger partial charge on any atom is -0.272 e. The molecule has 82 valence electrons. The van der Waals surface area contributed by atoms with Crippen LogP contribution in [0.3, 0.4) is 0 Å². The number of hydrogen-bond donors (Lipinski definition) is 0. The molecule has 2 rings (SSSR count). The molecular weight excluding hydrogens is 188 g/mol. The van der Waals surface area contributed by atoms with Crippen molar-refractivity contribution in [3.8, 4) is 0 Å². The molecule has 0 aromatic rings. The van der Waals surface area contributed by atoms with Gasteiger partial charge in [0.05, 0.1) is 11.6 Å². The topological polar surface area (TPSA) is 40.3 Å². The molecule has 4 nitrogen and oxygen atoms in total. The zero-order valence-electron chi connectivity index (χ0n) is 9.64. The third kappa shape index (κ3) is 1.58. The molecule has 0 N–H and O–H groups in total. The highest BCUT2D eigenvalue weighted by molar-refractivity contribution is 6.11. The van der Waals surface area contributed by atoms with Crippen LogP contribution in [-0.2, 0) is 0 Å². The molecule has 2 heterocycles. The standard InChI is InChI=1S/C11H18N4/c1-4-8-10-9(5-2)14-15(6-3)11(10)13-7-12-8/h7,10-11H,4-6H2,1-3H3. The molecule has 0 saturated carbocycles. The zero-order valence-corrected chi connectivity index (χ0v) is 9.64. The van der Waals surface area contributed by atoms with Crippen LogP contribution in [0.15, 0.2) is 15.1 Å². The molecule has 0 aromatic heterocycles. The van der Waals surface area contributed by atoms with Crippen molar-refractivity contribution in [3.05, 3.63) is 0 Å². The Morgan fingerprint density at radius 2 is 1.93 bits per heavy atom. The van der Waals surface area contributed by atoms with E-state index in [1.165, 1.54) is 11.4 Å². The molecule has 0 aliphatic carbocycles. The van der Waals surface area contributed by atoms with E-state index in [0.29, 0.717) is 5.92 Å². The second-order valence-corrected chi connectivity index (χ2v) is 3.83. The summed E-state index contributed by atoms with van der Waals surface area (Å²) in [7, 11) is 0. The minimum atomic E-state index is 0.178. The van der Waals surface area contributed by atoms with Crippen molar-refractivity contribution in [2.24, 2.45) is 21.0 Å². The summed E-state index contributed by atoms with van der Waals surface area (Å²) in [5, 5.41) is 6.70. The van der Waals surface area contributed by atoms with Gasteiger partial charge in [-0.15, -0.1) is 0 Å². The number of fused-ring (bicyclic) bond motifs is 1. The molecule has 2 atom stereocenters. The van der Waals surface area contributed by atoms with E-state index < -0.39 is 0 Å². The molecule has 0 radical (unpaired) electrons. The van der Waals surface area contributed by atoms with E-state index in [1.807, 2.05) is 0 Å². The molecule has 2 aliphatic heterocycles. The first-order valence-electron chi connectivity index (χ1n) is 5.74. The fraction of sp³-hybridized carbons (Fsp3) is 0.727. The fourth-order valence-electron chi connectivity index (χ4n) is 2.27. The monoisotopic (exact) mass is 206 g/mol. The molecule has 0 saturated heterocycles. The molecule has 2 aliphatic rings. The maximum atomic E-state index is 4.62. The van der Waals surface area contributed by atoms with Crippen molar-refractivity contribution in [1.29, 1.82) is 0 Å². The second-order valence-electron chi connectivity index (χ2n) is 3.83. The molecule has 0 aromatic carbocycles. The van der Waals surface area contributed by atoms with Crippen LogP contribution in [0.4, 0.5) is 0 Å². The third-order valence-electron chi connectivity index (χ3n) is 3.07. The van der Waals surface area contributed by atoms with Gasteiger partial charge in [-0.05, 0) is 19.8 Å². The predicted molar refractivity (Wildman–Crippen MR) is 63.6 cm³/mol. The van der Waals surface area contributed by atoms with Crippen molar-refractivity contribution in [2.45, 2.75) is 39.8 Å². The van der Waals surface area contributed by atoms with Crippen molar-refractivity contribution >= 4 is 17.8 Å². The van der Waals surface area contributed by atoms with E-state index in [9.17, 15) is 0 Å². The average molecular weight is 206 g/mol. The van der Waals surface area contributed by atoms with Crippen LogP contribution >= 0.6 is 0 Å². The Labute approximate surface area is 90.8 Å². The van der Waals surface area contributed by atoms with Crippen LogP contribution < -0.4 is 0 Å². The predicted octanol–water partition coefficient (Wildman–Crippen LogP) is 1.92. The van der Waals surface area contributed by atoms with Gasteiger partial charge >= 0.3 is 0 Å². The number of rotatable bonds is 3. The summed E-state index contributed by atoms with van der Waals surface area (Å²) in [6.07, 6.45) is 3.85. The summed E-state index contributed by atoms with van der Waals surface area (Å²) in [6.45, 7) is 7.34. The van der Waals surface area contributed by atoms with E-state index >= 15 is 0 Å². The molecule has 0 fully saturated rings. The van der Waals surface area contributed by atoms with Crippen LogP contribution in [0.5, 0.6) is 0 Å². The Morgan fingerprint density at radius 3 is 2.53 bits per heavy atom. The Morgan fingerprint density at radius 1 is 1.20 bits per heavy atom. The largest absolute Gasteiger partial charge is 0.272 e. The maximum absolute atomic E-state index is 4.62. The molecule has 2 unspecified atom stereocenters. The first-order valence-corrected chi connectivity index (χ1v) is 5.74. The van der Waals surface area contributed by atoms with Gasteiger partial charge < -0.3 is 0 Å². The van der Waals surface area contributed by atoms with Gasteiger partial charge in [-0.1, -0.05) is 13.8 Å². The molecular formula is C11H18N4. The van der Waals surface area contributed by atoms with Crippen LogP contribution in [0.1, 0.15) is 33.6 Å². The highest BCUT2D eigenvalue weighted by Gasteiger charge is 2.39. The zero-order chi connectivity index (χ0) is 10.8. The minimum absolute atomic E-state index is 0.178. The maximum Gasteiger partial charge on any atom is 0.152 e. The SMILES string of the molecule is CCC1=NC=NC2C1C(CC)=NN2CC. The normalized spacial score (nSPS) is 28.9. The first-order chi connectivity index (χ1) is 7.31. The van der Waals surface area contributed by atoms with Gasteiger partial charge in [-0.25, -0.2) is 9.98 Å². The van der Waals surface area contributed by atoms with Gasteiger partial charge in [0.15, 0.2) is 6.17 Å². The Bertz CT molecular complexity index is 329. The van der Waals surface area contributed by atoms with Gasteiger partial charge in [-0.2, -0.15) is 5.10 Å². The Balaban J connectivity index is 2.30. The quantitative estimate of drug-likeness (QED) is 0.695. The number of aliphatic imine (C=N–C) groups is 2. The summed E-state index contributed by atoms with van der Waals surface area (Å²) in [5.41, 5.74) is 2.46. The number of hydrazone groups is 1. The van der Waals surface area contributed by atoms with Crippen molar-refractivity contribution in [1.82, 2.24) is 5.01 Å². The van der Waals surface area contributed by atoms with E-state index in [2.05, 4.69) is 40.9 Å². The van der Waals surface area contributed by atoms with Gasteiger partial charge in [0.2, 0.25) is 0 Å². The third-order valence-corrected chi connectivity index (χ3v) is 3.07. The smallest absolute Gasteiger partial charge is 0.152 e. The number of hydrogen-bond acceptors (Lipinski definition) is 4. The molecule has 4 heteroatoms. The fourth-order valence-corrected chi connectivity index (χ4v) is 2.27. The lowest BCUT2D eigenvalue weighted by molar-refractivity contribution is 0.235. The lowest BCUT2D eigenvalue weighted by atomic mass is 9.91. The lowest BCUT2D eigenvalue weighted by Crippen LogP contribution is -2.38. The highest BCUT2D eigenvalue weighted by atomic mass is 15.5. The van der Waals surface area contributed by atoms with Crippen LogP contribution in [0, 0.1) is 5.92 Å². The molecule has 0 bridgehead atoms. The van der Waals surface area contributed by atoms with Crippen LogP contribution in [-0.4, -0.2) is 35.5 Å². The highest BCUT2D eigenvalue weighted by Crippen LogP contribution is 2.28. The second kappa shape index (κ2) is 4.13. The summed E-state index contributed by atoms with van der Waals surface area (Å²) in [5.74, 6) is 0.338. The van der Waals surface area contributed by atoms with E-state index in [4.69, 9.17) is 0 Å². The Hall–Kier alpha value is -1.19. The summed E-state index contributed by atoms with van der Waals surface area (Å²) in [6, 6.07) is 0. The van der Waals surface area contributed by atoms with Crippen molar-refractivity contribution < 1.29 is 0 Å². The Kier molecular flexibility index (Phi) is 2.84. The summed E-state index contributed by atoms with van der Waals surface area (Å²) >= 11 is 0. The summed E-state index contributed by atoms with van der Waals surface area (Å²) in [4.78, 5) is 8.81. The number of nitrogens with zero attached hydrogens (tertiary/aromatic N) is 4. The van der Waals surface area contributed by atoms with Gasteiger partial charge in [0.1, 0.15) is 6.34 Å². The molecule has 15 heavy (non-hydrogen) atoms. The van der Waals surface area contributed by atoms with Crippen LogP contribution in [0.25, 0.3) is 0 Å². The van der Waals surface area contributed by atoms with Gasteiger partial charge in [-0.3, -0.25) is 5.01 Å². The molecule has 0 amide bonds. The van der Waals surface area contributed by atoms with Crippen molar-refractivity contribution in [3.63, 3.8) is 0 Å². The summed E-state index contributed by atoms with van der Waals surface area (Å²) < 4.78 is 0. The van der Waals surface area contributed by atoms with E-state index in [0.717, 1.165) is 19.4 Å². The van der Waals surface area contributed by atoms with Crippen molar-refractivity contribution in [2.75, 3.05) is 6.54 Å². The van der Waals surface area contributed by atoms with Gasteiger partial charge in [0.25, 0.3) is 0 Å². The van der Waals surface area contributed by atoms with E-state index in [-0.39, 0.29) is 6.17 Å². The van der Waals surface area contributed by atoms with E-state index in [1.54, 1.807) is 6.34 Å².